The van der Waals surface area contributed by atoms with Crippen LogP contribution in [0.25, 0.3) is 0 Å². The van der Waals surface area contributed by atoms with Crippen molar-refractivity contribution < 1.29 is 43.7 Å². The van der Waals surface area contributed by atoms with Gasteiger partial charge in [0.2, 0.25) is 11.8 Å². The number of Topliss-reactive ketones (excluding diaryl/α,β-unsaturated/α-hetero) is 1. The summed E-state index contributed by atoms with van der Waals surface area (Å²) in [4.78, 5) is 65.5. The first-order valence-corrected chi connectivity index (χ1v) is 12.8. The Labute approximate surface area is 225 Å². The number of aliphatic carboxylic acids is 1. The second-order valence-electron chi connectivity index (χ2n) is 9.63. The highest BCUT2D eigenvalue weighted by molar-refractivity contribution is 9.12. The molecule has 3 aliphatic carbocycles. The molecule has 1 aromatic carbocycles. The lowest BCUT2D eigenvalue weighted by atomic mass is 9.59. The Morgan fingerprint density at radius 1 is 1.08 bits per heavy atom. The number of phenolic OH excluding ortho intramolecular Hbond substituents is 1. The fourth-order valence-electron chi connectivity index (χ4n) is 6.24. The second-order valence-corrected chi connectivity index (χ2v) is 10.5. The van der Waals surface area contributed by atoms with Crippen LogP contribution in [0.1, 0.15) is 30.7 Å². The summed E-state index contributed by atoms with van der Waals surface area (Å²) < 4.78 is 11.2. The molecule has 0 bridgehead atoms. The third kappa shape index (κ3) is 3.87. The standard InChI is InChI=1S/C27H24BrNO9/c1-37-18-7-11(30)8-19(38-2)24(18)23-12-3-4-13-21(27(36)29(26(13)35)6-5-20(32)33)14(12)9-15-22(23)17(31)10-16(28)25(15)34/h3,7-8,10,13-14,21,23,30H,4-6,9H2,1-2H3,(H,32,33). The molecule has 10 nitrogen and oxygen atoms in total. The number of carboxylic acids is 1. The van der Waals surface area contributed by atoms with E-state index in [1.165, 1.54) is 32.4 Å². The van der Waals surface area contributed by atoms with Gasteiger partial charge < -0.3 is 19.7 Å². The number of amides is 2. The van der Waals surface area contributed by atoms with Gasteiger partial charge in [-0.1, -0.05) is 11.6 Å². The highest BCUT2D eigenvalue weighted by Crippen LogP contribution is 2.58. The van der Waals surface area contributed by atoms with Gasteiger partial charge in [-0.3, -0.25) is 28.9 Å². The molecule has 1 aliphatic heterocycles. The Hall–Kier alpha value is -3.73. The van der Waals surface area contributed by atoms with Crippen molar-refractivity contribution in [2.75, 3.05) is 20.8 Å². The number of nitrogens with zero attached hydrogens (tertiary/aromatic N) is 1. The number of halogens is 1. The summed E-state index contributed by atoms with van der Waals surface area (Å²) in [5.74, 6) is -5.40. The number of ketones is 2. The van der Waals surface area contributed by atoms with Crippen molar-refractivity contribution in [1.82, 2.24) is 4.90 Å². The van der Waals surface area contributed by atoms with Crippen LogP contribution >= 0.6 is 15.9 Å². The summed E-state index contributed by atoms with van der Waals surface area (Å²) in [6.45, 7) is -0.231. The van der Waals surface area contributed by atoms with E-state index in [0.29, 0.717) is 11.1 Å². The van der Waals surface area contributed by atoms with Crippen LogP contribution in [0.4, 0.5) is 0 Å². The van der Waals surface area contributed by atoms with E-state index in [0.717, 1.165) is 4.90 Å². The molecule has 1 saturated heterocycles. The lowest BCUT2D eigenvalue weighted by molar-refractivity contribution is -0.142. The molecule has 0 saturated carbocycles. The van der Waals surface area contributed by atoms with Crippen molar-refractivity contribution in [3.8, 4) is 17.2 Å². The normalized spacial score (nSPS) is 26.4. The molecule has 0 aromatic heterocycles. The number of fused-ring (bicyclic) bond motifs is 3. The first-order valence-electron chi connectivity index (χ1n) is 12.0. The Bertz CT molecular complexity index is 1380. The average molecular weight is 586 g/mol. The zero-order valence-corrected chi connectivity index (χ0v) is 22.1. The number of benzene rings is 1. The highest BCUT2D eigenvalue weighted by atomic mass is 79.9. The van der Waals surface area contributed by atoms with E-state index >= 15 is 0 Å². The Kier molecular flexibility index (Phi) is 6.50. The smallest absolute Gasteiger partial charge is 0.305 e. The lowest BCUT2D eigenvalue weighted by Gasteiger charge is -2.42. The summed E-state index contributed by atoms with van der Waals surface area (Å²) in [6.07, 6.45) is 2.97. The molecule has 198 valence electrons. The maximum Gasteiger partial charge on any atom is 0.305 e. The van der Waals surface area contributed by atoms with Crippen LogP contribution in [0.15, 0.2) is 45.5 Å². The van der Waals surface area contributed by atoms with Gasteiger partial charge in [0.1, 0.15) is 17.2 Å². The van der Waals surface area contributed by atoms with Crippen LogP contribution in [0.3, 0.4) is 0 Å². The average Bonchev–Trinajstić information content (AvgIpc) is 3.13. The predicted molar refractivity (Wildman–Crippen MR) is 135 cm³/mol. The van der Waals surface area contributed by atoms with E-state index in [1.54, 1.807) is 0 Å². The predicted octanol–water partition coefficient (Wildman–Crippen LogP) is 2.65. The summed E-state index contributed by atoms with van der Waals surface area (Å²) in [7, 11) is 2.81. The summed E-state index contributed by atoms with van der Waals surface area (Å²) in [5, 5.41) is 19.3. The minimum Gasteiger partial charge on any atom is -0.508 e. The van der Waals surface area contributed by atoms with Crippen LogP contribution in [0, 0.1) is 17.8 Å². The van der Waals surface area contributed by atoms with E-state index in [2.05, 4.69) is 15.9 Å². The number of rotatable bonds is 6. The molecule has 2 amide bonds. The quantitative estimate of drug-likeness (QED) is 0.292. The van der Waals surface area contributed by atoms with Crippen LogP contribution in [0.5, 0.6) is 17.2 Å². The van der Waals surface area contributed by atoms with Gasteiger partial charge >= 0.3 is 5.97 Å². The molecule has 11 heteroatoms. The van der Waals surface area contributed by atoms with Crippen LogP contribution in [-0.2, 0) is 24.0 Å². The van der Waals surface area contributed by atoms with Crippen molar-refractivity contribution in [3.63, 3.8) is 0 Å². The molecule has 0 radical (unpaired) electrons. The van der Waals surface area contributed by atoms with E-state index in [1.807, 2.05) is 6.08 Å². The molecule has 4 unspecified atom stereocenters. The number of hydrogen-bond acceptors (Lipinski definition) is 8. The minimum atomic E-state index is -1.12. The number of imide groups is 1. The Morgan fingerprint density at radius 2 is 1.74 bits per heavy atom. The zero-order valence-electron chi connectivity index (χ0n) is 20.5. The monoisotopic (exact) mass is 585 g/mol. The van der Waals surface area contributed by atoms with Crippen molar-refractivity contribution >= 4 is 45.3 Å². The maximum absolute atomic E-state index is 13.5. The van der Waals surface area contributed by atoms with E-state index in [-0.39, 0.29) is 70.3 Å². The van der Waals surface area contributed by atoms with Crippen molar-refractivity contribution in [3.05, 3.63) is 51.0 Å². The number of ether oxygens (including phenoxy) is 2. The topological polar surface area (TPSA) is 148 Å². The Morgan fingerprint density at radius 3 is 2.34 bits per heavy atom. The zero-order chi connectivity index (χ0) is 27.5. The number of phenols is 1. The van der Waals surface area contributed by atoms with Crippen LogP contribution < -0.4 is 9.47 Å². The van der Waals surface area contributed by atoms with E-state index in [9.17, 15) is 29.1 Å². The molecule has 1 heterocycles. The van der Waals surface area contributed by atoms with Crippen LogP contribution in [0.2, 0.25) is 0 Å². The summed E-state index contributed by atoms with van der Waals surface area (Å²) in [5.41, 5.74) is 1.57. The van der Waals surface area contributed by atoms with Gasteiger partial charge in [-0.05, 0) is 34.7 Å². The number of allylic oxidation sites excluding steroid dienone is 6. The first-order chi connectivity index (χ1) is 18.1. The third-order valence-corrected chi connectivity index (χ3v) is 8.38. The van der Waals surface area contributed by atoms with Gasteiger partial charge in [0, 0.05) is 47.4 Å². The van der Waals surface area contributed by atoms with Gasteiger partial charge in [0.25, 0.3) is 0 Å². The molecule has 0 spiro atoms. The molecule has 4 atom stereocenters. The van der Waals surface area contributed by atoms with Crippen molar-refractivity contribution in [1.29, 1.82) is 0 Å². The highest BCUT2D eigenvalue weighted by Gasteiger charge is 2.56. The number of likely N-dealkylation sites (tertiary alicyclic amines) is 1. The number of aromatic hydroxyl groups is 1. The fraction of sp³-hybridized carbons (Fsp3) is 0.370. The van der Waals surface area contributed by atoms with Gasteiger partial charge in [0.05, 0.1) is 37.0 Å². The molecule has 5 rings (SSSR count). The Balaban J connectivity index is 1.70. The second kappa shape index (κ2) is 9.54. The maximum atomic E-state index is 13.5. The molecule has 38 heavy (non-hydrogen) atoms. The molecule has 1 aromatic rings. The minimum absolute atomic E-state index is 0.0703. The van der Waals surface area contributed by atoms with E-state index < -0.39 is 41.5 Å². The molecule has 1 fully saturated rings. The third-order valence-electron chi connectivity index (χ3n) is 7.79. The fourth-order valence-corrected chi connectivity index (χ4v) is 6.69. The summed E-state index contributed by atoms with van der Waals surface area (Å²) in [6, 6.07) is 2.76. The van der Waals surface area contributed by atoms with Gasteiger partial charge in [-0.15, -0.1) is 0 Å². The van der Waals surface area contributed by atoms with E-state index in [4.69, 9.17) is 14.6 Å². The largest absolute Gasteiger partial charge is 0.508 e. The van der Waals surface area contributed by atoms with Crippen molar-refractivity contribution in [2.45, 2.75) is 25.2 Å². The van der Waals surface area contributed by atoms with Crippen LogP contribution in [-0.4, -0.2) is 65.2 Å². The SMILES string of the molecule is COc1cc(O)cc(OC)c1C1C2=CCC3C(=O)N(CCC(=O)O)C(=O)C3C2CC2=C1C(=O)C=C(Br)C2=O. The number of carbonyl (C=O) groups excluding carboxylic acids is 4. The lowest BCUT2D eigenvalue weighted by Crippen LogP contribution is -2.40. The summed E-state index contributed by atoms with van der Waals surface area (Å²) >= 11 is 3.18. The van der Waals surface area contributed by atoms with Gasteiger partial charge in [-0.25, -0.2) is 0 Å². The number of carbonyl (C=O) groups is 5. The number of methoxy groups -OCH3 is 2. The molecule has 4 aliphatic rings. The van der Waals surface area contributed by atoms with Gasteiger partial charge in [0.15, 0.2) is 11.6 Å². The number of carboxylic acid groups (broad SMARTS) is 1. The molecular formula is C27H24BrNO9. The molecular weight excluding hydrogens is 562 g/mol. The van der Waals surface area contributed by atoms with Crippen molar-refractivity contribution in [2.24, 2.45) is 17.8 Å². The molecule has 2 N–H and O–H groups in total. The first kappa shape index (κ1) is 25.9. The van der Waals surface area contributed by atoms with Gasteiger partial charge in [-0.2, -0.15) is 0 Å². The number of hydrogen-bond donors (Lipinski definition) is 2.